The summed E-state index contributed by atoms with van der Waals surface area (Å²) in [6, 6.07) is 3.31. The predicted octanol–water partition coefficient (Wildman–Crippen LogP) is 4.85. The number of aromatic nitrogens is 2. The van der Waals surface area contributed by atoms with Crippen LogP contribution in [0.15, 0.2) is 52.1 Å². The number of nitrogens with zero attached hydrogens (tertiary/aromatic N) is 3. The molecule has 0 aliphatic carbocycles. The quantitative estimate of drug-likeness (QED) is 0.632. The Kier molecular flexibility index (Phi) is 6.07. The van der Waals surface area contributed by atoms with Gasteiger partial charge < -0.3 is 10.1 Å². The standard InChI is InChI=1S/C15H13BrF3N5O/c1-15(18,19)12-4-10(2-3-13(12)17)21-7-11(24-20)8-25-14-22-5-9(16)6-23-14/h2-7,20-21H,8H2,1H3/b11-7-,24-20?. The molecule has 0 unspecified atom stereocenters. The highest BCUT2D eigenvalue weighted by molar-refractivity contribution is 9.10. The second-order valence-electron chi connectivity index (χ2n) is 4.95. The number of nitrogens with one attached hydrogen (secondary N) is 2. The van der Waals surface area contributed by atoms with Gasteiger partial charge in [-0.2, -0.15) is 5.11 Å². The molecule has 0 atom stereocenters. The molecule has 132 valence electrons. The van der Waals surface area contributed by atoms with Gasteiger partial charge in [-0.15, -0.1) is 0 Å². The number of hydrogen-bond donors (Lipinski definition) is 2. The van der Waals surface area contributed by atoms with Crippen molar-refractivity contribution in [1.82, 2.24) is 9.97 Å². The van der Waals surface area contributed by atoms with Gasteiger partial charge in [-0.3, -0.25) is 0 Å². The molecule has 2 N–H and O–H groups in total. The van der Waals surface area contributed by atoms with Gasteiger partial charge in [0.2, 0.25) is 0 Å². The first kappa shape index (κ1) is 18.8. The third-order valence-electron chi connectivity index (χ3n) is 2.93. The molecule has 10 heteroatoms. The molecular formula is C15H13BrF3N5O. The van der Waals surface area contributed by atoms with E-state index in [2.05, 4.69) is 36.3 Å². The lowest BCUT2D eigenvalue weighted by Gasteiger charge is -2.13. The van der Waals surface area contributed by atoms with E-state index < -0.39 is 17.3 Å². The fraction of sp³-hybridized carbons (Fsp3) is 0.200. The maximum atomic E-state index is 13.5. The van der Waals surface area contributed by atoms with Gasteiger partial charge in [-0.25, -0.2) is 28.7 Å². The van der Waals surface area contributed by atoms with E-state index in [1.165, 1.54) is 24.7 Å². The molecular weight excluding hydrogens is 403 g/mol. The number of halogens is 4. The van der Waals surface area contributed by atoms with Crippen molar-refractivity contribution in [3.05, 3.63) is 58.3 Å². The fourth-order valence-electron chi connectivity index (χ4n) is 1.74. The average Bonchev–Trinajstić information content (AvgIpc) is 2.57. The van der Waals surface area contributed by atoms with Crippen molar-refractivity contribution in [2.24, 2.45) is 5.11 Å². The minimum atomic E-state index is -3.31. The Balaban J connectivity index is 2.05. The van der Waals surface area contributed by atoms with E-state index in [0.29, 0.717) is 11.4 Å². The largest absolute Gasteiger partial charge is 0.457 e. The van der Waals surface area contributed by atoms with Crippen molar-refractivity contribution in [2.45, 2.75) is 12.8 Å². The van der Waals surface area contributed by atoms with Crippen LogP contribution >= 0.6 is 15.9 Å². The molecule has 0 fully saturated rings. The van der Waals surface area contributed by atoms with Crippen LogP contribution in [0.25, 0.3) is 0 Å². The number of ether oxygens (including phenoxy) is 1. The highest BCUT2D eigenvalue weighted by atomic mass is 79.9. The maximum Gasteiger partial charge on any atom is 0.316 e. The summed E-state index contributed by atoms with van der Waals surface area (Å²) in [6.07, 6.45) is 4.27. The fourth-order valence-corrected chi connectivity index (χ4v) is 1.94. The third kappa shape index (κ3) is 5.52. The second-order valence-corrected chi connectivity index (χ2v) is 5.86. The zero-order valence-corrected chi connectivity index (χ0v) is 14.5. The highest BCUT2D eigenvalue weighted by Crippen LogP contribution is 2.31. The van der Waals surface area contributed by atoms with E-state index in [9.17, 15) is 13.2 Å². The molecule has 2 aromatic rings. The lowest BCUT2D eigenvalue weighted by atomic mass is 10.1. The van der Waals surface area contributed by atoms with Gasteiger partial charge in [0.1, 0.15) is 18.1 Å². The van der Waals surface area contributed by atoms with Crippen molar-refractivity contribution < 1.29 is 17.9 Å². The molecule has 0 aliphatic heterocycles. The van der Waals surface area contributed by atoms with Crippen molar-refractivity contribution in [3.8, 4) is 6.01 Å². The molecule has 25 heavy (non-hydrogen) atoms. The number of hydrogen-bond acceptors (Lipinski definition) is 6. The van der Waals surface area contributed by atoms with Gasteiger partial charge in [0.05, 0.1) is 10.0 Å². The summed E-state index contributed by atoms with van der Waals surface area (Å²) >= 11 is 3.18. The van der Waals surface area contributed by atoms with Crippen molar-refractivity contribution in [1.29, 1.82) is 5.53 Å². The molecule has 1 aromatic carbocycles. The van der Waals surface area contributed by atoms with E-state index >= 15 is 0 Å². The molecule has 0 aliphatic rings. The van der Waals surface area contributed by atoms with Crippen molar-refractivity contribution >= 4 is 21.6 Å². The molecule has 0 radical (unpaired) electrons. The maximum absolute atomic E-state index is 13.5. The normalized spacial score (nSPS) is 12.0. The van der Waals surface area contributed by atoms with Gasteiger partial charge in [0.25, 0.3) is 5.92 Å². The summed E-state index contributed by atoms with van der Waals surface area (Å²) < 4.78 is 46.1. The minimum Gasteiger partial charge on any atom is -0.457 e. The molecule has 0 spiro atoms. The lowest BCUT2D eigenvalue weighted by Crippen LogP contribution is -2.10. The first-order valence-electron chi connectivity index (χ1n) is 6.91. The molecule has 0 saturated heterocycles. The third-order valence-corrected chi connectivity index (χ3v) is 3.34. The van der Waals surface area contributed by atoms with Crippen molar-refractivity contribution in [2.75, 3.05) is 11.9 Å². The Bertz CT molecular complexity index is 778. The van der Waals surface area contributed by atoms with E-state index in [1.807, 2.05) is 0 Å². The molecule has 1 aromatic heterocycles. The van der Waals surface area contributed by atoms with Crippen LogP contribution in [0.1, 0.15) is 12.5 Å². The van der Waals surface area contributed by atoms with Gasteiger partial charge in [-0.1, -0.05) is 0 Å². The van der Waals surface area contributed by atoms with E-state index in [4.69, 9.17) is 10.3 Å². The second kappa shape index (κ2) is 8.06. The summed E-state index contributed by atoms with van der Waals surface area (Å²) in [5, 5.41) is 5.94. The van der Waals surface area contributed by atoms with Crippen LogP contribution in [0.3, 0.4) is 0 Å². The Morgan fingerprint density at radius 2 is 2.08 bits per heavy atom. The van der Waals surface area contributed by atoms with Gasteiger partial charge in [0.15, 0.2) is 0 Å². The number of rotatable bonds is 7. The Hall–Kier alpha value is -2.49. The van der Waals surface area contributed by atoms with Crippen LogP contribution in [0, 0.1) is 11.3 Å². The summed E-state index contributed by atoms with van der Waals surface area (Å²) in [5.41, 5.74) is 6.76. The summed E-state index contributed by atoms with van der Waals surface area (Å²) in [5.74, 6) is -4.31. The number of alkyl halides is 2. The number of benzene rings is 1. The average molecular weight is 416 g/mol. The molecule has 2 rings (SSSR count). The zero-order valence-electron chi connectivity index (χ0n) is 12.9. The van der Waals surface area contributed by atoms with Crippen LogP contribution < -0.4 is 10.1 Å². The summed E-state index contributed by atoms with van der Waals surface area (Å²) in [4.78, 5) is 7.79. The Morgan fingerprint density at radius 3 is 2.68 bits per heavy atom. The van der Waals surface area contributed by atoms with E-state index in [-0.39, 0.29) is 24.0 Å². The van der Waals surface area contributed by atoms with Gasteiger partial charge >= 0.3 is 6.01 Å². The monoisotopic (exact) mass is 415 g/mol. The topological polar surface area (TPSA) is 83.2 Å². The number of anilines is 1. The predicted molar refractivity (Wildman–Crippen MR) is 88.0 cm³/mol. The van der Waals surface area contributed by atoms with Crippen LogP contribution in [0.4, 0.5) is 18.9 Å². The highest BCUT2D eigenvalue weighted by Gasteiger charge is 2.28. The lowest BCUT2D eigenvalue weighted by molar-refractivity contribution is 0.0138. The van der Waals surface area contributed by atoms with Crippen LogP contribution in [0.5, 0.6) is 6.01 Å². The molecule has 6 nitrogen and oxygen atoms in total. The van der Waals surface area contributed by atoms with Gasteiger partial charge in [-0.05, 0) is 34.1 Å². The van der Waals surface area contributed by atoms with Crippen molar-refractivity contribution in [3.63, 3.8) is 0 Å². The molecule has 0 bridgehead atoms. The minimum absolute atomic E-state index is 0.0902. The Morgan fingerprint density at radius 1 is 1.40 bits per heavy atom. The van der Waals surface area contributed by atoms with Crippen LogP contribution in [-0.4, -0.2) is 16.6 Å². The Labute approximate surface area is 149 Å². The zero-order chi connectivity index (χ0) is 18.4. The molecule has 0 saturated carbocycles. The van der Waals surface area contributed by atoms with Crippen LogP contribution in [0.2, 0.25) is 0 Å². The van der Waals surface area contributed by atoms with Crippen LogP contribution in [-0.2, 0) is 5.92 Å². The molecule has 0 amide bonds. The molecule has 1 heterocycles. The van der Waals surface area contributed by atoms with E-state index in [1.54, 1.807) is 0 Å². The first-order chi connectivity index (χ1) is 11.8. The SMILES string of the molecule is CC(F)(F)c1cc(N/C=C(/COc2ncc(Br)cn2)N=N)ccc1F. The first-order valence-corrected chi connectivity index (χ1v) is 7.70. The van der Waals surface area contributed by atoms with Gasteiger partial charge in [0, 0.05) is 31.2 Å². The summed E-state index contributed by atoms with van der Waals surface area (Å²) in [6.45, 7) is 0.498. The van der Waals surface area contributed by atoms with E-state index in [0.717, 1.165) is 12.1 Å². The smallest absolute Gasteiger partial charge is 0.316 e. The summed E-state index contributed by atoms with van der Waals surface area (Å²) in [7, 11) is 0.